The summed E-state index contributed by atoms with van der Waals surface area (Å²) in [6.45, 7) is 3.80. The number of aryl methyl sites for hydroxylation is 1. The molecule has 1 aromatic heterocycles. The number of rotatable bonds is 4. The van der Waals surface area contributed by atoms with Crippen LogP contribution in [0.4, 0.5) is 5.69 Å². The normalized spacial score (nSPS) is 12.1. The van der Waals surface area contributed by atoms with Crippen molar-refractivity contribution < 1.29 is 4.79 Å². The first-order chi connectivity index (χ1) is 12.0. The quantitative estimate of drug-likeness (QED) is 0.577. The zero-order chi connectivity index (χ0) is 18.0. The van der Waals surface area contributed by atoms with E-state index in [9.17, 15) is 9.59 Å². The van der Waals surface area contributed by atoms with Crippen LogP contribution < -0.4 is 10.9 Å². The molecule has 0 aliphatic heterocycles. The molecule has 0 aliphatic rings. The maximum absolute atomic E-state index is 12.4. The van der Waals surface area contributed by atoms with Crippen molar-refractivity contribution in [3.63, 3.8) is 0 Å². The Bertz CT molecular complexity index is 980. The summed E-state index contributed by atoms with van der Waals surface area (Å²) in [7, 11) is 1.68. The van der Waals surface area contributed by atoms with Gasteiger partial charge in [0.25, 0.3) is 5.56 Å². The number of fused-ring (bicyclic) bond motifs is 1. The van der Waals surface area contributed by atoms with Crippen molar-refractivity contribution in [1.82, 2.24) is 9.55 Å². The fourth-order valence-corrected chi connectivity index (χ4v) is 3.27. The van der Waals surface area contributed by atoms with Crippen molar-refractivity contribution in [2.24, 2.45) is 7.05 Å². The van der Waals surface area contributed by atoms with Gasteiger partial charge in [-0.1, -0.05) is 41.6 Å². The molecule has 0 bridgehead atoms. The van der Waals surface area contributed by atoms with E-state index in [4.69, 9.17) is 0 Å². The molecular weight excluding hydrogens is 334 g/mol. The number of para-hydroxylation sites is 1. The van der Waals surface area contributed by atoms with Crippen LogP contribution in [0.2, 0.25) is 0 Å². The van der Waals surface area contributed by atoms with Gasteiger partial charge in [-0.2, -0.15) is 0 Å². The Hall–Kier alpha value is -2.60. The van der Waals surface area contributed by atoms with Gasteiger partial charge in [0, 0.05) is 12.7 Å². The van der Waals surface area contributed by atoms with Crippen LogP contribution >= 0.6 is 11.8 Å². The largest absolute Gasteiger partial charge is 0.325 e. The molecule has 0 fully saturated rings. The maximum Gasteiger partial charge on any atom is 0.261 e. The second-order valence-corrected chi connectivity index (χ2v) is 7.20. The van der Waals surface area contributed by atoms with Gasteiger partial charge >= 0.3 is 0 Å². The standard InChI is InChI=1S/C19H19N3O2S/c1-12-8-10-14(11-9-12)20-17(23)13(2)25-19-21-16-7-5-4-6-15(16)18(24)22(19)3/h4-11,13H,1-3H3,(H,20,23). The summed E-state index contributed by atoms with van der Waals surface area (Å²) < 4.78 is 1.49. The van der Waals surface area contributed by atoms with Gasteiger partial charge < -0.3 is 5.32 Å². The summed E-state index contributed by atoms with van der Waals surface area (Å²) in [6, 6.07) is 14.9. The molecule has 2 aromatic carbocycles. The van der Waals surface area contributed by atoms with Crippen LogP contribution in [0.3, 0.4) is 0 Å². The number of anilines is 1. The van der Waals surface area contributed by atoms with Crippen molar-refractivity contribution in [1.29, 1.82) is 0 Å². The minimum atomic E-state index is -0.388. The molecule has 0 saturated heterocycles. The predicted octanol–water partition coefficient (Wildman–Crippen LogP) is 3.36. The molecule has 0 saturated carbocycles. The average molecular weight is 353 g/mol. The molecule has 128 valence electrons. The summed E-state index contributed by atoms with van der Waals surface area (Å²) in [5, 5.41) is 3.60. The zero-order valence-electron chi connectivity index (χ0n) is 14.3. The van der Waals surface area contributed by atoms with E-state index in [0.29, 0.717) is 16.1 Å². The molecule has 5 nitrogen and oxygen atoms in total. The van der Waals surface area contributed by atoms with Crippen molar-refractivity contribution in [3.8, 4) is 0 Å². The van der Waals surface area contributed by atoms with Crippen molar-refractivity contribution in [2.45, 2.75) is 24.3 Å². The van der Waals surface area contributed by atoms with Gasteiger partial charge in [-0.15, -0.1) is 0 Å². The van der Waals surface area contributed by atoms with Crippen molar-refractivity contribution in [3.05, 3.63) is 64.4 Å². The summed E-state index contributed by atoms with van der Waals surface area (Å²) in [5.41, 5.74) is 2.41. The van der Waals surface area contributed by atoms with Crippen LogP contribution in [0.1, 0.15) is 12.5 Å². The lowest BCUT2D eigenvalue weighted by atomic mass is 10.2. The van der Waals surface area contributed by atoms with E-state index in [2.05, 4.69) is 10.3 Å². The highest BCUT2D eigenvalue weighted by Gasteiger charge is 2.18. The van der Waals surface area contributed by atoms with Gasteiger partial charge in [0.2, 0.25) is 5.91 Å². The average Bonchev–Trinajstić information content (AvgIpc) is 2.61. The third-order valence-electron chi connectivity index (χ3n) is 3.91. The Morgan fingerprint density at radius 1 is 1.16 bits per heavy atom. The number of carbonyl (C=O) groups excluding carboxylic acids is 1. The molecule has 1 amide bonds. The number of aromatic nitrogens is 2. The van der Waals surface area contributed by atoms with Crippen LogP contribution in [0.5, 0.6) is 0 Å². The Balaban J connectivity index is 1.80. The van der Waals surface area contributed by atoms with Crippen molar-refractivity contribution in [2.75, 3.05) is 5.32 Å². The smallest absolute Gasteiger partial charge is 0.261 e. The third-order valence-corrected chi connectivity index (χ3v) is 5.06. The number of carbonyl (C=O) groups is 1. The van der Waals surface area contributed by atoms with E-state index in [1.807, 2.05) is 43.3 Å². The van der Waals surface area contributed by atoms with Gasteiger partial charge in [-0.05, 0) is 38.1 Å². The van der Waals surface area contributed by atoms with Gasteiger partial charge in [-0.25, -0.2) is 4.98 Å². The highest BCUT2D eigenvalue weighted by molar-refractivity contribution is 8.00. The summed E-state index contributed by atoms with van der Waals surface area (Å²) in [6.07, 6.45) is 0. The predicted molar refractivity (Wildman–Crippen MR) is 102 cm³/mol. The molecule has 1 heterocycles. The van der Waals surface area contributed by atoms with Gasteiger partial charge in [0.15, 0.2) is 5.16 Å². The van der Waals surface area contributed by atoms with Crippen LogP contribution in [0, 0.1) is 6.92 Å². The van der Waals surface area contributed by atoms with Crippen LogP contribution in [-0.4, -0.2) is 20.7 Å². The summed E-state index contributed by atoms with van der Waals surface area (Å²) in [5.74, 6) is -0.128. The van der Waals surface area contributed by atoms with Crippen LogP contribution in [0.25, 0.3) is 10.9 Å². The van der Waals surface area contributed by atoms with E-state index < -0.39 is 0 Å². The monoisotopic (exact) mass is 353 g/mol. The lowest BCUT2D eigenvalue weighted by Gasteiger charge is -2.14. The van der Waals surface area contributed by atoms with E-state index >= 15 is 0 Å². The molecule has 0 spiro atoms. The lowest BCUT2D eigenvalue weighted by Crippen LogP contribution is -2.25. The molecule has 1 N–H and O–H groups in total. The first-order valence-corrected chi connectivity index (χ1v) is 8.83. The number of amides is 1. The number of thioether (sulfide) groups is 1. The molecule has 1 atom stereocenters. The molecule has 1 unspecified atom stereocenters. The second kappa shape index (κ2) is 7.11. The maximum atomic E-state index is 12.4. The number of nitrogens with zero attached hydrogens (tertiary/aromatic N) is 2. The first kappa shape index (κ1) is 17.2. The molecular formula is C19H19N3O2S. The summed E-state index contributed by atoms with van der Waals surface area (Å²) in [4.78, 5) is 29.4. The topological polar surface area (TPSA) is 64.0 Å². The van der Waals surface area contributed by atoms with E-state index in [0.717, 1.165) is 11.3 Å². The fourth-order valence-electron chi connectivity index (χ4n) is 2.40. The Morgan fingerprint density at radius 3 is 2.56 bits per heavy atom. The number of hydrogen-bond acceptors (Lipinski definition) is 4. The number of nitrogens with one attached hydrogen (secondary N) is 1. The van der Waals surface area contributed by atoms with E-state index in [1.54, 1.807) is 26.1 Å². The highest BCUT2D eigenvalue weighted by Crippen LogP contribution is 2.23. The third kappa shape index (κ3) is 3.74. The minimum absolute atomic E-state index is 0.112. The van der Waals surface area contributed by atoms with Crippen molar-refractivity contribution >= 4 is 34.3 Å². The van der Waals surface area contributed by atoms with Gasteiger partial charge in [0.1, 0.15) is 0 Å². The molecule has 25 heavy (non-hydrogen) atoms. The molecule has 0 radical (unpaired) electrons. The summed E-state index contributed by atoms with van der Waals surface area (Å²) >= 11 is 1.27. The highest BCUT2D eigenvalue weighted by atomic mass is 32.2. The first-order valence-electron chi connectivity index (χ1n) is 7.95. The van der Waals surface area contributed by atoms with Crippen LogP contribution in [-0.2, 0) is 11.8 Å². The Morgan fingerprint density at radius 2 is 1.84 bits per heavy atom. The zero-order valence-corrected chi connectivity index (χ0v) is 15.1. The molecule has 0 aliphatic carbocycles. The van der Waals surface area contributed by atoms with Crippen LogP contribution in [0.15, 0.2) is 58.5 Å². The second-order valence-electron chi connectivity index (χ2n) is 5.89. The Kier molecular flexibility index (Phi) is 4.90. The van der Waals surface area contributed by atoms with Gasteiger partial charge in [-0.3, -0.25) is 14.2 Å². The number of hydrogen-bond donors (Lipinski definition) is 1. The SMILES string of the molecule is Cc1ccc(NC(=O)C(C)Sc2nc3ccccc3c(=O)n2C)cc1. The Labute approximate surface area is 150 Å². The number of benzene rings is 2. The molecule has 3 rings (SSSR count). The van der Waals surface area contributed by atoms with Gasteiger partial charge in [0.05, 0.1) is 16.2 Å². The minimum Gasteiger partial charge on any atom is -0.325 e. The lowest BCUT2D eigenvalue weighted by molar-refractivity contribution is -0.115. The van der Waals surface area contributed by atoms with E-state index in [-0.39, 0.29) is 16.7 Å². The molecule has 6 heteroatoms. The molecule has 3 aromatic rings. The van der Waals surface area contributed by atoms with E-state index in [1.165, 1.54) is 16.3 Å². The fraction of sp³-hybridized carbons (Fsp3) is 0.211.